The van der Waals surface area contributed by atoms with Crippen molar-refractivity contribution in [1.82, 2.24) is 20.1 Å². The molecule has 2 unspecified atom stereocenters. The van der Waals surface area contributed by atoms with E-state index < -0.39 is 0 Å². The van der Waals surface area contributed by atoms with Gasteiger partial charge in [-0.3, -0.25) is 4.79 Å². The maximum atomic E-state index is 12.5. The van der Waals surface area contributed by atoms with Crippen molar-refractivity contribution in [3.05, 3.63) is 71.5 Å². The molecule has 0 saturated carbocycles. The zero-order valence-corrected chi connectivity index (χ0v) is 21.1. The van der Waals surface area contributed by atoms with E-state index in [1.165, 1.54) is 17.3 Å². The highest BCUT2D eigenvalue weighted by molar-refractivity contribution is 7.99. The van der Waals surface area contributed by atoms with Gasteiger partial charge in [0.05, 0.1) is 11.8 Å². The third-order valence-corrected chi connectivity index (χ3v) is 6.38. The zero-order chi connectivity index (χ0) is 24.0. The molecule has 176 valence electrons. The first-order valence-electron chi connectivity index (χ1n) is 11.4. The van der Waals surface area contributed by atoms with Crippen LogP contribution < -0.4 is 10.1 Å². The fraction of sp³-hybridized carbons (Fsp3) is 0.423. The Morgan fingerprint density at radius 3 is 2.21 bits per heavy atom. The molecule has 1 N–H and O–H groups in total. The number of thioether (sulfide) groups is 1. The number of hydrogen-bond donors (Lipinski definition) is 1. The van der Waals surface area contributed by atoms with Crippen molar-refractivity contribution >= 4 is 17.7 Å². The lowest BCUT2D eigenvalue weighted by atomic mass is 10.0. The molecule has 3 aromatic rings. The van der Waals surface area contributed by atoms with Crippen LogP contribution in [-0.2, 0) is 4.79 Å². The molecule has 0 aliphatic heterocycles. The zero-order valence-electron chi connectivity index (χ0n) is 20.3. The maximum absolute atomic E-state index is 12.5. The Hall–Kier alpha value is -2.80. The predicted molar refractivity (Wildman–Crippen MR) is 134 cm³/mol. The first kappa shape index (κ1) is 24.8. The van der Waals surface area contributed by atoms with Gasteiger partial charge in [-0.25, -0.2) is 0 Å². The van der Waals surface area contributed by atoms with E-state index in [9.17, 15) is 4.79 Å². The van der Waals surface area contributed by atoms with Crippen LogP contribution in [0.15, 0.2) is 59.8 Å². The summed E-state index contributed by atoms with van der Waals surface area (Å²) in [5.74, 6) is 2.26. The van der Waals surface area contributed by atoms with E-state index in [1.54, 1.807) is 0 Å². The minimum atomic E-state index is -0.272. The molecule has 1 heterocycles. The summed E-state index contributed by atoms with van der Waals surface area (Å²) in [5.41, 5.74) is 2.36. The number of ether oxygens (including phenoxy) is 1. The molecule has 2 atom stereocenters. The summed E-state index contributed by atoms with van der Waals surface area (Å²) >= 11 is 1.39. The van der Waals surface area contributed by atoms with Crippen LogP contribution in [0.3, 0.4) is 0 Å². The van der Waals surface area contributed by atoms with Crippen molar-refractivity contribution in [2.75, 3.05) is 5.75 Å². The highest BCUT2D eigenvalue weighted by Crippen LogP contribution is 2.28. The molecule has 7 heteroatoms. The minimum Gasteiger partial charge on any atom is -0.483 e. The second-order valence-corrected chi connectivity index (χ2v) is 9.72. The first-order valence-corrected chi connectivity index (χ1v) is 12.4. The number of benzene rings is 2. The molecule has 0 saturated heterocycles. The lowest BCUT2D eigenvalue weighted by Crippen LogP contribution is -2.28. The van der Waals surface area contributed by atoms with Gasteiger partial charge < -0.3 is 14.6 Å². The van der Waals surface area contributed by atoms with E-state index in [0.717, 1.165) is 17.1 Å². The minimum absolute atomic E-state index is 0.0363. The van der Waals surface area contributed by atoms with Crippen LogP contribution in [0.25, 0.3) is 0 Å². The Morgan fingerprint density at radius 2 is 1.61 bits per heavy atom. The highest BCUT2D eigenvalue weighted by Gasteiger charge is 2.22. The van der Waals surface area contributed by atoms with Gasteiger partial charge in [0.25, 0.3) is 0 Å². The highest BCUT2D eigenvalue weighted by atomic mass is 32.2. The summed E-state index contributed by atoms with van der Waals surface area (Å²) in [6.45, 7) is 12.5. The van der Waals surface area contributed by atoms with Crippen LogP contribution in [0.2, 0.25) is 0 Å². The van der Waals surface area contributed by atoms with Crippen LogP contribution in [0, 0.1) is 0 Å². The summed E-state index contributed by atoms with van der Waals surface area (Å²) in [4.78, 5) is 12.5. The number of rotatable bonds is 10. The molecule has 1 amide bonds. The fourth-order valence-electron chi connectivity index (χ4n) is 3.58. The normalized spacial score (nSPS) is 13.2. The molecule has 2 aromatic carbocycles. The van der Waals surface area contributed by atoms with E-state index in [4.69, 9.17) is 4.74 Å². The third-order valence-electron chi connectivity index (χ3n) is 5.44. The number of aromatic nitrogens is 3. The van der Waals surface area contributed by atoms with Gasteiger partial charge in [-0.05, 0) is 56.9 Å². The standard InChI is InChI=1S/C26H34N4O2S/c1-17(2)21-12-14-23(15-13-21)32-20(6)25-28-29-26(30(25)18(3)4)33-16-24(31)27-19(5)22-10-8-7-9-11-22/h7-15,17-20H,16H2,1-6H3,(H,27,31). The van der Waals surface area contributed by atoms with Crippen LogP contribution in [0.4, 0.5) is 0 Å². The molecule has 1 aromatic heterocycles. The fourth-order valence-corrected chi connectivity index (χ4v) is 4.46. The largest absolute Gasteiger partial charge is 0.483 e. The summed E-state index contributed by atoms with van der Waals surface area (Å²) in [6, 6.07) is 18.2. The average Bonchev–Trinajstić information content (AvgIpc) is 3.23. The smallest absolute Gasteiger partial charge is 0.230 e. The van der Waals surface area contributed by atoms with Gasteiger partial charge >= 0.3 is 0 Å². The van der Waals surface area contributed by atoms with E-state index in [-0.39, 0.29) is 29.8 Å². The van der Waals surface area contributed by atoms with Crippen molar-refractivity contribution in [3.63, 3.8) is 0 Å². The van der Waals surface area contributed by atoms with Gasteiger partial charge in [-0.2, -0.15) is 0 Å². The van der Waals surface area contributed by atoms with E-state index >= 15 is 0 Å². The number of amides is 1. The Labute approximate surface area is 201 Å². The molecule has 0 fully saturated rings. The van der Waals surface area contributed by atoms with Crippen LogP contribution in [0.1, 0.15) is 82.6 Å². The second-order valence-electron chi connectivity index (χ2n) is 8.78. The monoisotopic (exact) mass is 466 g/mol. The molecule has 0 radical (unpaired) electrons. The quantitative estimate of drug-likeness (QED) is 0.366. The molecule has 6 nitrogen and oxygen atoms in total. The van der Waals surface area contributed by atoms with Gasteiger partial charge in [0.1, 0.15) is 5.75 Å². The van der Waals surface area contributed by atoms with Crippen LogP contribution >= 0.6 is 11.8 Å². The van der Waals surface area contributed by atoms with E-state index in [2.05, 4.69) is 55.3 Å². The van der Waals surface area contributed by atoms with E-state index in [0.29, 0.717) is 11.1 Å². The molecule has 3 rings (SSSR count). The molecule has 33 heavy (non-hydrogen) atoms. The molecule has 0 aliphatic carbocycles. The van der Waals surface area contributed by atoms with Gasteiger partial charge in [0, 0.05) is 6.04 Å². The summed E-state index contributed by atoms with van der Waals surface area (Å²) < 4.78 is 8.20. The number of nitrogens with one attached hydrogen (secondary N) is 1. The van der Waals surface area contributed by atoms with Crippen molar-refractivity contribution < 1.29 is 9.53 Å². The molecular weight excluding hydrogens is 432 g/mol. The molecular formula is C26H34N4O2S. The van der Waals surface area contributed by atoms with Crippen LogP contribution in [0.5, 0.6) is 5.75 Å². The topological polar surface area (TPSA) is 69.0 Å². The van der Waals surface area contributed by atoms with Crippen molar-refractivity contribution in [2.45, 2.75) is 70.8 Å². The number of carbonyl (C=O) groups excluding carboxylic acids is 1. The SMILES string of the molecule is CC(C)c1ccc(OC(C)c2nnc(SCC(=O)NC(C)c3ccccc3)n2C(C)C)cc1. The number of carbonyl (C=O) groups is 1. The summed E-state index contributed by atoms with van der Waals surface area (Å²) in [6.07, 6.45) is -0.272. The average molecular weight is 467 g/mol. The molecule has 0 spiro atoms. The Kier molecular flexibility index (Phi) is 8.55. The molecule has 0 bridgehead atoms. The second kappa shape index (κ2) is 11.4. The molecule has 0 aliphatic rings. The van der Waals surface area contributed by atoms with Crippen molar-refractivity contribution in [2.24, 2.45) is 0 Å². The number of hydrogen-bond acceptors (Lipinski definition) is 5. The Morgan fingerprint density at radius 1 is 0.939 bits per heavy atom. The van der Waals surface area contributed by atoms with Crippen LogP contribution in [-0.4, -0.2) is 26.4 Å². The van der Waals surface area contributed by atoms with Gasteiger partial charge in [0.15, 0.2) is 17.1 Å². The predicted octanol–water partition coefficient (Wildman–Crippen LogP) is 6.09. The maximum Gasteiger partial charge on any atom is 0.230 e. The van der Waals surface area contributed by atoms with Crippen molar-refractivity contribution in [3.8, 4) is 5.75 Å². The Balaban J connectivity index is 1.64. The van der Waals surface area contributed by atoms with E-state index in [1.807, 2.05) is 60.9 Å². The lowest BCUT2D eigenvalue weighted by Gasteiger charge is -2.19. The van der Waals surface area contributed by atoms with Gasteiger partial charge in [-0.15, -0.1) is 10.2 Å². The third kappa shape index (κ3) is 6.60. The lowest BCUT2D eigenvalue weighted by molar-refractivity contribution is -0.119. The van der Waals surface area contributed by atoms with Gasteiger partial charge in [-0.1, -0.05) is 68.1 Å². The Bertz CT molecular complexity index is 1030. The van der Waals surface area contributed by atoms with Crippen molar-refractivity contribution in [1.29, 1.82) is 0 Å². The summed E-state index contributed by atoms with van der Waals surface area (Å²) in [5, 5.41) is 12.5. The summed E-state index contributed by atoms with van der Waals surface area (Å²) in [7, 11) is 0. The van der Waals surface area contributed by atoms with Gasteiger partial charge in [0.2, 0.25) is 5.91 Å². The first-order chi connectivity index (χ1) is 15.8. The number of nitrogens with zero attached hydrogens (tertiary/aromatic N) is 3.